The number of hydrogen-bond acceptors (Lipinski definition) is 2. The van der Waals surface area contributed by atoms with Crippen molar-refractivity contribution in [1.29, 1.82) is 0 Å². The molecular formula is C10H17NO. The van der Waals surface area contributed by atoms with Crippen LogP contribution in [0.5, 0.6) is 0 Å². The fourth-order valence-electron chi connectivity index (χ4n) is 1.21. The van der Waals surface area contributed by atoms with Crippen LogP contribution < -0.4 is 5.32 Å². The van der Waals surface area contributed by atoms with Gasteiger partial charge < -0.3 is 10.1 Å². The van der Waals surface area contributed by atoms with Crippen LogP contribution in [0.4, 0.5) is 0 Å². The molecule has 68 valence electrons. The molecule has 0 aromatic rings. The van der Waals surface area contributed by atoms with Crippen LogP contribution in [-0.4, -0.2) is 25.8 Å². The van der Waals surface area contributed by atoms with E-state index >= 15 is 0 Å². The van der Waals surface area contributed by atoms with Gasteiger partial charge in [-0.1, -0.05) is 18.2 Å². The van der Waals surface area contributed by atoms with Crippen LogP contribution >= 0.6 is 0 Å². The highest BCUT2D eigenvalue weighted by atomic mass is 16.5. The molecule has 1 atom stereocenters. The van der Waals surface area contributed by atoms with Crippen molar-refractivity contribution in [2.75, 3.05) is 19.7 Å². The molecule has 0 saturated carbocycles. The van der Waals surface area contributed by atoms with Gasteiger partial charge in [-0.3, -0.25) is 0 Å². The van der Waals surface area contributed by atoms with Crippen LogP contribution in [0.3, 0.4) is 0 Å². The molecule has 0 spiro atoms. The third kappa shape index (κ3) is 3.69. The number of rotatable bonds is 4. The largest absolute Gasteiger partial charge is 0.375 e. The standard InChI is InChI=1S/C10H17NO/c1-2-3-4-5-6-10-9-11-7-8-12-10/h2,4-5,10-11H,1,3,6-9H2. The predicted octanol–water partition coefficient (Wildman–Crippen LogP) is 1.50. The van der Waals surface area contributed by atoms with Gasteiger partial charge >= 0.3 is 0 Å². The van der Waals surface area contributed by atoms with Crippen molar-refractivity contribution in [2.24, 2.45) is 0 Å². The van der Waals surface area contributed by atoms with Crippen LogP contribution in [0.1, 0.15) is 12.8 Å². The lowest BCUT2D eigenvalue weighted by molar-refractivity contribution is 0.0308. The van der Waals surface area contributed by atoms with Crippen LogP contribution in [0.25, 0.3) is 0 Å². The highest BCUT2D eigenvalue weighted by Gasteiger charge is 2.10. The van der Waals surface area contributed by atoms with Crippen molar-refractivity contribution >= 4 is 0 Å². The summed E-state index contributed by atoms with van der Waals surface area (Å²) in [5, 5.41) is 3.30. The van der Waals surface area contributed by atoms with Crippen LogP contribution in [0, 0.1) is 0 Å². The molecule has 0 aliphatic carbocycles. The molecule has 1 N–H and O–H groups in total. The van der Waals surface area contributed by atoms with E-state index in [0.29, 0.717) is 6.10 Å². The average Bonchev–Trinajstić information content (AvgIpc) is 2.14. The molecule has 2 nitrogen and oxygen atoms in total. The molecule has 1 heterocycles. The lowest BCUT2D eigenvalue weighted by Gasteiger charge is -2.22. The van der Waals surface area contributed by atoms with Gasteiger partial charge in [0, 0.05) is 13.1 Å². The number of morpholine rings is 1. The molecule has 0 aromatic heterocycles. The van der Waals surface area contributed by atoms with Crippen molar-refractivity contribution < 1.29 is 4.74 Å². The molecular weight excluding hydrogens is 150 g/mol. The van der Waals surface area contributed by atoms with Gasteiger partial charge in [-0.15, -0.1) is 6.58 Å². The zero-order valence-corrected chi connectivity index (χ0v) is 7.46. The van der Waals surface area contributed by atoms with Gasteiger partial charge in [0.15, 0.2) is 0 Å². The highest BCUT2D eigenvalue weighted by molar-refractivity contribution is 4.90. The second-order valence-electron chi connectivity index (χ2n) is 2.93. The van der Waals surface area contributed by atoms with E-state index in [1.807, 2.05) is 6.08 Å². The predicted molar refractivity (Wildman–Crippen MR) is 51.2 cm³/mol. The van der Waals surface area contributed by atoms with E-state index in [0.717, 1.165) is 32.5 Å². The lowest BCUT2D eigenvalue weighted by atomic mass is 10.2. The minimum Gasteiger partial charge on any atom is -0.375 e. The normalized spacial score (nSPS) is 24.5. The molecule has 1 aliphatic heterocycles. The summed E-state index contributed by atoms with van der Waals surface area (Å²) in [6, 6.07) is 0. The Balaban J connectivity index is 2.08. The topological polar surface area (TPSA) is 21.3 Å². The minimum atomic E-state index is 0.375. The van der Waals surface area contributed by atoms with Crippen molar-refractivity contribution in [1.82, 2.24) is 5.32 Å². The van der Waals surface area contributed by atoms with Crippen molar-refractivity contribution in [3.05, 3.63) is 24.8 Å². The Labute approximate surface area is 74.3 Å². The molecule has 0 radical (unpaired) electrons. The number of nitrogens with one attached hydrogen (secondary N) is 1. The summed E-state index contributed by atoms with van der Waals surface area (Å²) in [4.78, 5) is 0. The summed E-state index contributed by atoms with van der Waals surface area (Å²) < 4.78 is 5.52. The van der Waals surface area contributed by atoms with E-state index in [2.05, 4.69) is 24.0 Å². The Morgan fingerprint density at radius 1 is 1.50 bits per heavy atom. The Morgan fingerprint density at radius 3 is 3.08 bits per heavy atom. The van der Waals surface area contributed by atoms with Crippen LogP contribution in [-0.2, 0) is 4.74 Å². The van der Waals surface area contributed by atoms with E-state index in [1.165, 1.54) is 0 Å². The molecule has 1 rings (SSSR count). The zero-order valence-electron chi connectivity index (χ0n) is 7.46. The quantitative estimate of drug-likeness (QED) is 0.641. The maximum Gasteiger partial charge on any atom is 0.0734 e. The van der Waals surface area contributed by atoms with Gasteiger partial charge in [0.1, 0.15) is 0 Å². The number of allylic oxidation sites excluding steroid dienone is 2. The van der Waals surface area contributed by atoms with Crippen molar-refractivity contribution in [2.45, 2.75) is 18.9 Å². The van der Waals surface area contributed by atoms with Gasteiger partial charge in [-0.2, -0.15) is 0 Å². The van der Waals surface area contributed by atoms with Gasteiger partial charge in [0.05, 0.1) is 12.7 Å². The highest BCUT2D eigenvalue weighted by Crippen LogP contribution is 2.02. The van der Waals surface area contributed by atoms with Crippen molar-refractivity contribution in [3.8, 4) is 0 Å². The number of ether oxygens (including phenoxy) is 1. The summed E-state index contributed by atoms with van der Waals surface area (Å²) in [6.45, 7) is 6.47. The first-order valence-electron chi connectivity index (χ1n) is 4.51. The maximum atomic E-state index is 5.52. The smallest absolute Gasteiger partial charge is 0.0734 e. The summed E-state index contributed by atoms with van der Waals surface area (Å²) in [6.07, 6.45) is 8.54. The zero-order chi connectivity index (χ0) is 8.65. The molecule has 1 aliphatic rings. The summed E-state index contributed by atoms with van der Waals surface area (Å²) in [5.74, 6) is 0. The van der Waals surface area contributed by atoms with Crippen molar-refractivity contribution in [3.63, 3.8) is 0 Å². The first-order valence-corrected chi connectivity index (χ1v) is 4.51. The molecule has 0 bridgehead atoms. The van der Waals surface area contributed by atoms with E-state index in [-0.39, 0.29) is 0 Å². The first-order chi connectivity index (χ1) is 5.93. The lowest BCUT2D eigenvalue weighted by Crippen LogP contribution is -2.38. The Morgan fingerprint density at radius 2 is 2.42 bits per heavy atom. The Kier molecular flexibility index (Phi) is 4.73. The molecule has 0 amide bonds. The number of hydrogen-bond donors (Lipinski definition) is 1. The Bertz CT molecular complexity index is 148. The molecule has 2 heteroatoms. The second kappa shape index (κ2) is 5.98. The molecule has 1 saturated heterocycles. The van der Waals surface area contributed by atoms with E-state index in [1.54, 1.807) is 0 Å². The summed E-state index contributed by atoms with van der Waals surface area (Å²) >= 11 is 0. The summed E-state index contributed by atoms with van der Waals surface area (Å²) in [7, 11) is 0. The molecule has 12 heavy (non-hydrogen) atoms. The molecule has 1 unspecified atom stereocenters. The maximum absolute atomic E-state index is 5.52. The minimum absolute atomic E-state index is 0.375. The second-order valence-corrected chi connectivity index (χ2v) is 2.93. The molecule has 1 fully saturated rings. The summed E-state index contributed by atoms with van der Waals surface area (Å²) in [5.41, 5.74) is 0. The van der Waals surface area contributed by atoms with E-state index < -0.39 is 0 Å². The average molecular weight is 167 g/mol. The monoisotopic (exact) mass is 167 g/mol. The van der Waals surface area contributed by atoms with Gasteiger partial charge in [-0.25, -0.2) is 0 Å². The fourth-order valence-corrected chi connectivity index (χ4v) is 1.21. The fraction of sp³-hybridized carbons (Fsp3) is 0.600. The van der Waals surface area contributed by atoms with E-state index in [9.17, 15) is 0 Å². The van der Waals surface area contributed by atoms with Gasteiger partial charge in [0.2, 0.25) is 0 Å². The van der Waals surface area contributed by atoms with E-state index in [4.69, 9.17) is 4.74 Å². The van der Waals surface area contributed by atoms with Gasteiger partial charge in [0.25, 0.3) is 0 Å². The molecule has 0 aromatic carbocycles. The Hall–Kier alpha value is -0.600. The third-order valence-electron chi connectivity index (χ3n) is 1.87. The first kappa shape index (κ1) is 9.49. The van der Waals surface area contributed by atoms with Crippen LogP contribution in [0.15, 0.2) is 24.8 Å². The van der Waals surface area contributed by atoms with Gasteiger partial charge in [-0.05, 0) is 12.8 Å². The SMILES string of the molecule is C=CCC=CCC1CNCCO1. The third-order valence-corrected chi connectivity index (χ3v) is 1.87. The van der Waals surface area contributed by atoms with Crippen LogP contribution in [0.2, 0.25) is 0 Å².